The number of rotatable bonds is 3. The first kappa shape index (κ1) is 13.5. The fraction of sp³-hybridized carbons (Fsp3) is 0.692. The monoisotopic (exact) mass is 267 g/mol. The molecule has 18 heavy (non-hydrogen) atoms. The summed E-state index contributed by atoms with van der Waals surface area (Å²) in [6.45, 7) is 4.12. The molecule has 4 nitrogen and oxygen atoms in total. The lowest BCUT2D eigenvalue weighted by molar-refractivity contribution is 0.0917. The van der Waals surface area contributed by atoms with Gasteiger partial charge in [0.1, 0.15) is 10.7 Å². The van der Waals surface area contributed by atoms with Crippen LogP contribution in [0.15, 0.2) is 5.38 Å². The van der Waals surface area contributed by atoms with E-state index in [1.165, 1.54) is 24.2 Å². The van der Waals surface area contributed by atoms with Crippen LogP contribution in [0.5, 0.6) is 0 Å². The predicted octanol–water partition coefficient (Wildman–Crippen LogP) is 2.47. The third-order valence-electron chi connectivity index (χ3n) is 3.42. The highest BCUT2D eigenvalue weighted by Crippen LogP contribution is 2.24. The summed E-state index contributed by atoms with van der Waals surface area (Å²) < 4.78 is 0. The highest BCUT2D eigenvalue weighted by Gasteiger charge is 2.22. The number of hydrogen-bond acceptors (Lipinski definition) is 4. The molecule has 1 heterocycles. The third-order valence-corrected chi connectivity index (χ3v) is 4.46. The van der Waals surface area contributed by atoms with E-state index in [1.807, 2.05) is 6.92 Å². The molecule has 3 unspecified atom stereocenters. The minimum absolute atomic E-state index is 0.0581. The van der Waals surface area contributed by atoms with Crippen molar-refractivity contribution in [3.05, 3.63) is 16.1 Å². The Bertz CT molecular complexity index is 416. The number of nitrogens with zero attached hydrogens (tertiary/aromatic N) is 1. The number of carbonyl (C=O) groups is 1. The number of nitrogens with two attached hydrogens (primary N) is 1. The highest BCUT2D eigenvalue weighted by molar-refractivity contribution is 7.09. The Hall–Kier alpha value is -0.940. The van der Waals surface area contributed by atoms with Gasteiger partial charge in [-0.25, -0.2) is 4.98 Å². The fourth-order valence-electron chi connectivity index (χ4n) is 2.43. The molecule has 0 radical (unpaired) electrons. The predicted molar refractivity (Wildman–Crippen MR) is 73.6 cm³/mol. The van der Waals surface area contributed by atoms with Crippen molar-refractivity contribution in [3.8, 4) is 0 Å². The van der Waals surface area contributed by atoms with Gasteiger partial charge in [0.2, 0.25) is 0 Å². The molecule has 0 bridgehead atoms. The Labute approximate surface area is 112 Å². The van der Waals surface area contributed by atoms with Gasteiger partial charge in [0.15, 0.2) is 0 Å². The van der Waals surface area contributed by atoms with Crippen LogP contribution in [0.25, 0.3) is 0 Å². The number of carbonyl (C=O) groups excluding carboxylic acids is 1. The topological polar surface area (TPSA) is 68.0 Å². The van der Waals surface area contributed by atoms with Crippen LogP contribution in [0.1, 0.15) is 61.1 Å². The van der Waals surface area contributed by atoms with Crippen molar-refractivity contribution < 1.29 is 4.79 Å². The zero-order chi connectivity index (χ0) is 13.1. The first-order valence-electron chi connectivity index (χ1n) is 6.58. The van der Waals surface area contributed by atoms with Crippen molar-refractivity contribution in [2.75, 3.05) is 0 Å². The van der Waals surface area contributed by atoms with Gasteiger partial charge in [-0.1, -0.05) is 19.8 Å². The molecule has 2 rings (SSSR count). The summed E-state index contributed by atoms with van der Waals surface area (Å²) in [4.78, 5) is 16.3. The summed E-state index contributed by atoms with van der Waals surface area (Å²) in [5.74, 6) is 0.649. The van der Waals surface area contributed by atoms with Crippen LogP contribution >= 0.6 is 11.3 Å². The smallest absolute Gasteiger partial charge is 0.270 e. The second kappa shape index (κ2) is 5.80. The van der Waals surface area contributed by atoms with Crippen LogP contribution in [-0.2, 0) is 0 Å². The van der Waals surface area contributed by atoms with Crippen LogP contribution < -0.4 is 11.1 Å². The minimum Gasteiger partial charge on any atom is -0.348 e. The summed E-state index contributed by atoms with van der Waals surface area (Å²) in [5, 5.41) is 5.69. The maximum atomic E-state index is 12.0. The van der Waals surface area contributed by atoms with E-state index >= 15 is 0 Å². The molecule has 100 valence electrons. The van der Waals surface area contributed by atoms with Crippen LogP contribution in [0.3, 0.4) is 0 Å². The summed E-state index contributed by atoms with van der Waals surface area (Å²) in [6.07, 6.45) is 4.64. The quantitative estimate of drug-likeness (QED) is 0.884. The van der Waals surface area contributed by atoms with Gasteiger partial charge in [-0.3, -0.25) is 4.79 Å². The summed E-state index contributed by atoms with van der Waals surface area (Å²) >= 11 is 1.45. The normalized spacial score (nSPS) is 25.7. The largest absolute Gasteiger partial charge is 0.348 e. The second-order valence-corrected chi connectivity index (χ2v) is 6.19. The van der Waals surface area contributed by atoms with E-state index in [1.54, 1.807) is 5.38 Å². The lowest BCUT2D eigenvalue weighted by Gasteiger charge is -2.27. The van der Waals surface area contributed by atoms with Gasteiger partial charge in [-0.15, -0.1) is 11.3 Å². The van der Waals surface area contributed by atoms with Crippen molar-refractivity contribution in [2.45, 2.75) is 51.6 Å². The average molecular weight is 267 g/mol. The molecule has 3 atom stereocenters. The van der Waals surface area contributed by atoms with E-state index in [0.29, 0.717) is 17.7 Å². The summed E-state index contributed by atoms with van der Waals surface area (Å²) in [5.41, 5.74) is 6.25. The number of hydrogen-bond donors (Lipinski definition) is 2. The van der Waals surface area contributed by atoms with Crippen LogP contribution in [0, 0.1) is 5.92 Å². The van der Waals surface area contributed by atoms with Gasteiger partial charge in [0, 0.05) is 11.4 Å². The number of amides is 1. The van der Waals surface area contributed by atoms with Crippen LogP contribution in [-0.4, -0.2) is 16.9 Å². The highest BCUT2D eigenvalue weighted by atomic mass is 32.1. The molecule has 3 N–H and O–H groups in total. The number of thiazole rings is 1. The standard InChI is InChI=1S/C13H21N3OS/c1-8-4-3-5-10(6-8)15-12(17)11-7-18-13(16-11)9(2)14/h7-10H,3-6,14H2,1-2H3,(H,15,17). The third kappa shape index (κ3) is 3.29. The van der Waals surface area contributed by atoms with Crippen molar-refractivity contribution >= 4 is 17.2 Å². The Morgan fingerprint density at radius 1 is 1.61 bits per heavy atom. The summed E-state index contributed by atoms with van der Waals surface area (Å²) in [6, 6.07) is 0.202. The second-order valence-electron chi connectivity index (χ2n) is 5.30. The van der Waals surface area contributed by atoms with Crippen LogP contribution in [0.2, 0.25) is 0 Å². The maximum absolute atomic E-state index is 12.0. The Morgan fingerprint density at radius 2 is 2.39 bits per heavy atom. The molecule has 5 heteroatoms. The molecule has 0 aromatic carbocycles. The SMILES string of the molecule is CC1CCCC(NC(=O)c2csc(C(C)N)n2)C1. The molecular weight excluding hydrogens is 246 g/mol. The number of nitrogens with one attached hydrogen (secondary N) is 1. The molecule has 1 aromatic heterocycles. The van der Waals surface area contributed by atoms with Gasteiger partial charge in [0.05, 0.1) is 6.04 Å². The lowest BCUT2D eigenvalue weighted by atomic mass is 9.87. The lowest BCUT2D eigenvalue weighted by Crippen LogP contribution is -2.38. The fourth-order valence-corrected chi connectivity index (χ4v) is 3.18. The molecule has 1 saturated carbocycles. The molecule has 1 aliphatic rings. The van der Waals surface area contributed by atoms with Gasteiger partial charge in [0.25, 0.3) is 5.91 Å². The minimum atomic E-state index is -0.105. The Kier molecular flexibility index (Phi) is 4.35. The molecule has 0 saturated heterocycles. The van der Waals surface area contributed by atoms with Gasteiger partial charge >= 0.3 is 0 Å². The van der Waals surface area contributed by atoms with Gasteiger partial charge in [-0.05, 0) is 25.7 Å². The molecule has 1 aromatic rings. The van der Waals surface area contributed by atoms with Gasteiger partial charge in [-0.2, -0.15) is 0 Å². The zero-order valence-corrected chi connectivity index (χ0v) is 11.8. The number of aromatic nitrogens is 1. The van der Waals surface area contributed by atoms with E-state index in [4.69, 9.17) is 5.73 Å². The Morgan fingerprint density at radius 3 is 3.00 bits per heavy atom. The molecule has 1 amide bonds. The van der Waals surface area contributed by atoms with E-state index < -0.39 is 0 Å². The molecule has 1 aliphatic carbocycles. The molecule has 1 fully saturated rings. The first-order valence-corrected chi connectivity index (χ1v) is 7.46. The van der Waals surface area contributed by atoms with E-state index in [-0.39, 0.29) is 11.9 Å². The average Bonchev–Trinajstić information content (AvgIpc) is 2.78. The molecule has 0 spiro atoms. The first-order chi connectivity index (χ1) is 8.56. The zero-order valence-electron chi connectivity index (χ0n) is 11.0. The van der Waals surface area contributed by atoms with Crippen LogP contribution in [0.4, 0.5) is 0 Å². The maximum Gasteiger partial charge on any atom is 0.270 e. The van der Waals surface area contributed by atoms with Crippen molar-refractivity contribution in [3.63, 3.8) is 0 Å². The van der Waals surface area contributed by atoms with Crippen molar-refractivity contribution in [1.29, 1.82) is 0 Å². The van der Waals surface area contributed by atoms with E-state index in [0.717, 1.165) is 17.8 Å². The van der Waals surface area contributed by atoms with E-state index in [9.17, 15) is 4.79 Å². The van der Waals surface area contributed by atoms with Gasteiger partial charge < -0.3 is 11.1 Å². The molecule has 0 aliphatic heterocycles. The Balaban J connectivity index is 1.94. The van der Waals surface area contributed by atoms with Crippen molar-refractivity contribution in [1.82, 2.24) is 10.3 Å². The molecular formula is C13H21N3OS. The van der Waals surface area contributed by atoms with E-state index in [2.05, 4.69) is 17.2 Å². The van der Waals surface area contributed by atoms with Crippen molar-refractivity contribution in [2.24, 2.45) is 11.7 Å². The summed E-state index contributed by atoms with van der Waals surface area (Å²) in [7, 11) is 0.